The molecule has 0 bridgehead atoms. The van der Waals surface area contributed by atoms with Gasteiger partial charge in [0, 0.05) is 44.1 Å². The van der Waals surface area contributed by atoms with E-state index in [4.69, 9.17) is 4.11 Å². The normalized spacial score (nSPS) is 22.4. The van der Waals surface area contributed by atoms with Gasteiger partial charge in [0.1, 0.15) is 0 Å². The van der Waals surface area contributed by atoms with Crippen LogP contribution in [0, 0.1) is 11.3 Å². The van der Waals surface area contributed by atoms with Gasteiger partial charge in [0.2, 0.25) is 0 Å². The molecule has 0 spiro atoms. The van der Waals surface area contributed by atoms with E-state index in [1.807, 2.05) is 29.6 Å². The summed E-state index contributed by atoms with van der Waals surface area (Å²) in [6.45, 7) is 44.2. The molecule has 0 saturated heterocycles. The van der Waals surface area contributed by atoms with Crippen LogP contribution in [0.15, 0.2) is 163 Å². The maximum absolute atomic E-state index is 9.29. The Hall–Kier alpha value is -5.58. The molecule has 1 unspecified atom stereocenters. The molecule has 370 valence electrons. The zero-order valence-corrected chi connectivity index (χ0v) is 46.4. The number of rotatable bonds is 9. The highest BCUT2D eigenvalue weighted by Gasteiger charge is 2.47. The minimum Gasteiger partial charge on any atom is -0.337 e. The van der Waals surface area contributed by atoms with Gasteiger partial charge in [-0.1, -0.05) is 168 Å². The van der Waals surface area contributed by atoms with Crippen LogP contribution in [0.2, 0.25) is 0 Å². The van der Waals surface area contributed by atoms with E-state index in [-0.39, 0.29) is 63.5 Å². The molecule has 4 aromatic carbocycles. The van der Waals surface area contributed by atoms with Crippen molar-refractivity contribution in [1.29, 1.82) is 0 Å². The molecule has 5 aromatic rings. The van der Waals surface area contributed by atoms with Crippen molar-refractivity contribution in [3.8, 4) is 11.1 Å². The average molecular weight is 972 g/mol. The van der Waals surface area contributed by atoms with Crippen molar-refractivity contribution >= 4 is 61.0 Å². The highest BCUT2D eigenvalue weighted by atomic mass is 32.1. The third kappa shape index (κ3) is 8.42. The van der Waals surface area contributed by atoms with Crippen molar-refractivity contribution in [1.82, 2.24) is 0 Å². The zero-order chi connectivity index (χ0) is 55.8. The fraction of sp³-hybridized carbons (Fsp3) is 0.382. The van der Waals surface area contributed by atoms with E-state index in [0.717, 1.165) is 83.5 Å². The van der Waals surface area contributed by atoms with Gasteiger partial charge in [0.15, 0.2) is 0 Å². The summed E-state index contributed by atoms with van der Waals surface area (Å²) < 4.78 is 47.3. The smallest absolute Gasteiger partial charge is 0.259 e. The maximum atomic E-state index is 9.29. The summed E-state index contributed by atoms with van der Waals surface area (Å²) in [5.74, 6) is 0.401. The van der Waals surface area contributed by atoms with Crippen LogP contribution in [-0.4, -0.2) is 13.3 Å². The molecule has 10 rings (SSSR count). The molecule has 1 atom stereocenters. The summed E-state index contributed by atoms with van der Waals surface area (Å²) in [4.78, 5) is 5.04. The Morgan fingerprint density at radius 1 is 0.722 bits per heavy atom. The lowest BCUT2D eigenvalue weighted by atomic mass is 9.35. The standard InChI is InChI=1S/C68H79BN2S/c1-17-23-45(18-2)50-37-52-54(67(13,14)32-30-65(52,9)10)39-58(50)71-59(34-43(4)5)57-42-70(49(19-3)35-48-41-64(7,8)29-28-44(48)6)62-51-38-53-55(68(15,16)33-31-66(53,11)12)40-61(51)72-63(62)69(57)56-27-26-47(36-60(56)71)46-24-21-20-22-25-46/h17-27,34-41,44H,1-3,28-33,42H2,4-16H3/b45-23+,49-35+/i20D,21D,22D,24D,25D. The van der Waals surface area contributed by atoms with Crippen LogP contribution in [0.4, 0.5) is 17.1 Å². The van der Waals surface area contributed by atoms with Crippen molar-refractivity contribution in [3.63, 3.8) is 0 Å². The predicted octanol–water partition coefficient (Wildman–Crippen LogP) is 17.8. The lowest BCUT2D eigenvalue weighted by Crippen LogP contribution is -2.56. The van der Waals surface area contributed by atoms with Crippen LogP contribution in [0.1, 0.15) is 163 Å². The Morgan fingerprint density at radius 2 is 1.35 bits per heavy atom. The molecule has 2 nitrogen and oxygen atoms in total. The first-order valence-corrected chi connectivity index (χ1v) is 27.4. The van der Waals surface area contributed by atoms with Crippen molar-refractivity contribution in [2.75, 3.05) is 16.3 Å². The highest BCUT2D eigenvalue weighted by Crippen LogP contribution is 2.54. The van der Waals surface area contributed by atoms with Gasteiger partial charge in [0.05, 0.1) is 18.2 Å². The van der Waals surface area contributed by atoms with Crippen LogP contribution in [0.25, 0.3) is 26.8 Å². The zero-order valence-electron chi connectivity index (χ0n) is 50.6. The summed E-state index contributed by atoms with van der Waals surface area (Å²) in [5, 5.41) is 1.27. The van der Waals surface area contributed by atoms with Gasteiger partial charge < -0.3 is 9.80 Å². The quantitative estimate of drug-likeness (QED) is 0.107. The van der Waals surface area contributed by atoms with E-state index in [0.29, 0.717) is 18.0 Å². The number of hydrogen-bond acceptors (Lipinski definition) is 3. The number of fused-ring (bicyclic) bond motifs is 9. The van der Waals surface area contributed by atoms with Crippen LogP contribution >= 0.6 is 11.3 Å². The summed E-state index contributed by atoms with van der Waals surface area (Å²) in [6.07, 6.45) is 21.8. The molecule has 0 fully saturated rings. The number of benzene rings is 4. The Morgan fingerprint density at radius 3 is 1.96 bits per heavy atom. The second-order valence-corrected chi connectivity index (χ2v) is 26.4. The van der Waals surface area contributed by atoms with E-state index < -0.39 is 6.04 Å². The van der Waals surface area contributed by atoms with E-state index in [9.17, 15) is 2.74 Å². The maximum Gasteiger partial charge on any atom is 0.259 e. The molecular weight excluding hydrogens is 888 g/mol. The molecule has 3 heterocycles. The topological polar surface area (TPSA) is 6.48 Å². The molecule has 72 heavy (non-hydrogen) atoms. The monoisotopic (exact) mass is 972 g/mol. The van der Waals surface area contributed by atoms with E-state index in [1.165, 1.54) is 53.8 Å². The van der Waals surface area contributed by atoms with E-state index in [2.05, 4.69) is 186 Å². The van der Waals surface area contributed by atoms with Gasteiger partial charge in [-0.05, 0) is 189 Å². The summed E-state index contributed by atoms with van der Waals surface area (Å²) in [7, 11) is 0. The lowest BCUT2D eigenvalue weighted by Gasteiger charge is -2.46. The Labute approximate surface area is 445 Å². The summed E-state index contributed by atoms with van der Waals surface area (Å²) in [5.41, 5.74) is 18.2. The summed E-state index contributed by atoms with van der Waals surface area (Å²) in [6, 6.07) is 14.7. The minimum absolute atomic E-state index is 0.00148. The van der Waals surface area contributed by atoms with Crippen LogP contribution in [0.3, 0.4) is 0 Å². The second-order valence-electron chi connectivity index (χ2n) is 25.3. The van der Waals surface area contributed by atoms with Crippen LogP contribution < -0.4 is 20.0 Å². The molecule has 0 radical (unpaired) electrons. The fourth-order valence-electron chi connectivity index (χ4n) is 12.8. The predicted molar refractivity (Wildman–Crippen MR) is 319 cm³/mol. The van der Waals surface area contributed by atoms with E-state index in [1.54, 1.807) is 0 Å². The van der Waals surface area contributed by atoms with E-state index >= 15 is 0 Å². The number of nitrogens with zero attached hydrogens (tertiary/aromatic N) is 2. The summed E-state index contributed by atoms with van der Waals surface area (Å²) >= 11 is 1.91. The first-order valence-electron chi connectivity index (χ1n) is 29.1. The molecule has 3 aliphatic carbocycles. The van der Waals surface area contributed by atoms with Crippen LogP contribution in [-0.2, 0) is 21.7 Å². The molecule has 4 heteroatoms. The Balaban J connectivity index is 1.38. The third-order valence-electron chi connectivity index (χ3n) is 17.5. The van der Waals surface area contributed by atoms with Gasteiger partial charge in [-0.2, -0.15) is 0 Å². The second kappa shape index (κ2) is 17.8. The number of thiophene rings is 1. The molecular formula is C68H79BN2S. The van der Waals surface area contributed by atoms with Gasteiger partial charge in [-0.3, -0.25) is 0 Å². The number of anilines is 3. The van der Waals surface area contributed by atoms with Crippen molar-refractivity contribution < 1.29 is 6.85 Å². The highest BCUT2D eigenvalue weighted by molar-refractivity contribution is 7.32. The Bertz CT molecular complexity index is 3520. The largest absolute Gasteiger partial charge is 0.337 e. The fourth-order valence-corrected chi connectivity index (χ4v) is 14.2. The molecule has 0 N–H and O–H groups in total. The van der Waals surface area contributed by atoms with Gasteiger partial charge >= 0.3 is 0 Å². The molecule has 0 amide bonds. The van der Waals surface area contributed by atoms with Gasteiger partial charge in [-0.25, -0.2) is 0 Å². The first-order chi connectivity index (χ1) is 36.1. The molecule has 0 saturated carbocycles. The molecule has 5 aliphatic rings. The number of hydrogen-bond donors (Lipinski definition) is 0. The van der Waals surface area contributed by atoms with Crippen molar-refractivity contribution in [2.24, 2.45) is 11.3 Å². The Kier molecular flexibility index (Phi) is 10.9. The van der Waals surface area contributed by atoms with Gasteiger partial charge in [-0.15, -0.1) is 11.3 Å². The van der Waals surface area contributed by atoms with Crippen LogP contribution in [0.5, 0.6) is 0 Å². The van der Waals surface area contributed by atoms with Crippen molar-refractivity contribution in [2.45, 2.75) is 150 Å². The molecule has 1 aromatic heterocycles. The first kappa shape index (κ1) is 44.0. The SMILES string of the molecule is [2H]c1c([2H])c([2H])c(-c2ccc3c(c2)N(c2cc4c(cc2/C(C=C)=C/C=C)C(C)(C)CCC4(C)C)C(C=C(C)C)=C2CN(/C(C=C)=C/C4=CC(C)(C)CCC4C)c4c(sc5cc6c(cc45)C(C)(C)CCC6(C)C)B23)c([2H])c1[2H]. The average Bonchev–Trinajstić information content (AvgIpc) is 3.95. The van der Waals surface area contributed by atoms with Gasteiger partial charge in [0.25, 0.3) is 6.71 Å². The van der Waals surface area contributed by atoms with Crippen molar-refractivity contribution in [3.05, 3.63) is 191 Å². The third-order valence-corrected chi connectivity index (χ3v) is 18.7. The minimum atomic E-state index is -0.402. The lowest BCUT2D eigenvalue weighted by molar-refractivity contribution is 0.332. The molecule has 2 aliphatic heterocycles. The number of allylic oxidation sites excluding steroid dienone is 10.